The van der Waals surface area contributed by atoms with E-state index in [-0.39, 0.29) is 25.5 Å². The summed E-state index contributed by atoms with van der Waals surface area (Å²) < 4.78 is 0. The van der Waals surface area contributed by atoms with Crippen LogP contribution in [0.5, 0.6) is 0 Å². The predicted molar refractivity (Wildman–Crippen MR) is 75.0 cm³/mol. The van der Waals surface area contributed by atoms with Crippen LogP contribution in [-0.2, 0) is 16.1 Å². The molecule has 0 spiro atoms. The molecule has 0 atom stereocenters. The van der Waals surface area contributed by atoms with E-state index in [1.54, 1.807) is 12.1 Å². The molecule has 8 nitrogen and oxygen atoms in total. The van der Waals surface area contributed by atoms with Crippen LogP contribution >= 0.6 is 0 Å². The zero-order chi connectivity index (χ0) is 16.3. The number of nitrogens with zero attached hydrogens (tertiary/aromatic N) is 2. The second-order valence-electron chi connectivity index (χ2n) is 4.89. The quantitative estimate of drug-likeness (QED) is 0.738. The van der Waals surface area contributed by atoms with Crippen LogP contribution in [0.25, 0.3) is 0 Å². The molecular formula is C14H15N3O5. The molecule has 0 aromatic heterocycles. The molecule has 4 amide bonds. The van der Waals surface area contributed by atoms with Crippen molar-refractivity contribution in [1.82, 2.24) is 15.1 Å². The lowest BCUT2D eigenvalue weighted by atomic mass is 10.1. The van der Waals surface area contributed by atoms with Crippen LogP contribution in [0.1, 0.15) is 15.9 Å². The van der Waals surface area contributed by atoms with Crippen LogP contribution in [0, 0.1) is 0 Å². The van der Waals surface area contributed by atoms with Crippen molar-refractivity contribution in [3.8, 4) is 0 Å². The molecule has 1 fully saturated rings. The van der Waals surface area contributed by atoms with E-state index in [0.29, 0.717) is 11.1 Å². The molecule has 2 rings (SSSR count). The van der Waals surface area contributed by atoms with Gasteiger partial charge in [-0.2, -0.15) is 0 Å². The molecule has 0 radical (unpaired) electrons. The van der Waals surface area contributed by atoms with E-state index in [1.165, 1.54) is 19.2 Å². The van der Waals surface area contributed by atoms with Gasteiger partial charge in [0.25, 0.3) is 5.91 Å². The highest BCUT2D eigenvalue weighted by atomic mass is 16.4. The van der Waals surface area contributed by atoms with Crippen molar-refractivity contribution in [2.45, 2.75) is 6.54 Å². The molecule has 8 heteroatoms. The largest absolute Gasteiger partial charge is 0.480 e. The molecule has 1 saturated heterocycles. The molecule has 0 unspecified atom stereocenters. The monoisotopic (exact) mass is 305 g/mol. The van der Waals surface area contributed by atoms with E-state index in [9.17, 15) is 19.2 Å². The molecule has 0 saturated carbocycles. The van der Waals surface area contributed by atoms with Gasteiger partial charge in [0.1, 0.15) is 6.54 Å². The Hall–Kier alpha value is -2.90. The van der Waals surface area contributed by atoms with Crippen molar-refractivity contribution in [2.75, 3.05) is 20.1 Å². The van der Waals surface area contributed by atoms with Gasteiger partial charge in [-0.1, -0.05) is 12.1 Å². The van der Waals surface area contributed by atoms with Gasteiger partial charge in [0.2, 0.25) is 5.91 Å². The first kappa shape index (κ1) is 15.5. The number of nitrogens with one attached hydrogen (secondary N) is 1. The van der Waals surface area contributed by atoms with Gasteiger partial charge < -0.3 is 15.3 Å². The summed E-state index contributed by atoms with van der Waals surface area (Å²) in [7, 11) is 1.40. The maximum Gasteiger partial charge on any atom is 0.324 e. The number of amides is 4. The van der Waals surface area contributed by atoms with E-state index in [0.717, 1.165) is 9.80 Å². The molecule has 0 aliphatic carbocycles. The lowest BCUT2D eigenvalue weighted by Crippen LogP contribution is -2.32. The van der Waals surface area contributed by atoms with Gasteiger partial charge in [-0.15, -0.1) is 0 Å². The number of imide groups is 1. The third-order valence-electron chi connectivity index (χ3n) is 3.20. The van der Waals surface area contributed by atoms with Gasteiger partial charge in [0, 0.05) is 12.6 Å². The van der Waals surface area contributed by atoms with Gasteiger partial charge in [0.15, 0.2) is 0 Å². The van der Waals surface area contributed by atoms with E-state index in [4.69, 9.17) is 5.11 Å². The Morgan fingerprint density at radius 1 is 1.27 bits per heavy atom. The average molecular weight is 305 g/mol. The van der Waals surface area contributed by atoms with Crippen LogP contribution in [0.3, 0.4) is 0 Å². The second-order valence-corrected chi connectivity index (χ2v) is 4.89. The summed E-state index contributed by atoms with van der Waals surface area (Å²) in [4.78, 5) is 47.7. The Morgan fingerprint density at radius 2 is 1.91 bits per heavy atom. The minimum atomic E-state index is -1.09. The first-order chi connectivity index (χ1) is 10.4. The third-order valence-corrected chi connectivity index (χ3v) is 3.20. The zero-order valence-corrected chi connectivity index (χ0v) is 11.9. The Kier molecular flexibility index (Phi) is 4.40. The minimum Gasteiger partial charge on any atom is -0.480 e. The fraction of sp³-hybridized carbons (Fsp3) is 0.286. The number of benzene rings is 1. The Balaban J connectivity index is 2.04. The first-order valence-electron chi connectivity index (χ1n) is 6.53. The fourth-order valence-electron chi connectivity index (χ4n) is 2.05. The van der Waals surface area contributed by atoms with Crippen LogP contribution in [-0.4, -0.2) is 58.9 Å². The molecular weight excluding hydrogens is 290 g/mol. The highest BCUT2D eigenvalue weighted by Gasteiger charge is 2.28. The number of carboxylic acids is 1. The van der Waals surface area contributed by atoms with E-state index < -0.39 is 17.9 Å². The molecule has 1 aliphatic heterocycles. The van der Waals surface area contributed by atoms with Gasteiger partial charge in [-0.25, -0.2) is 4.79 Å². The summed E-state index contributed by atoms with van der Waals surface area (Å²) in [6, 6.07) is 5.89. The van der Waals surface area contributed by atoms with Crippen LogP contribution < -0.4 is 5.32 Å². The highest BCUT2D eigenvalue weighted by molar-refractivity contribution is 6.01. The van der Waals surface area contributed by atoms with Crippen molar-refractivity contribution >= 4 is 23.8 Å². The molecule has 116 valence electrons. The molecule has 1 aromatic carbocycles. The summed E-state index contributed by atoms with van der Waals surface area (Å²) in [6.07, 6.45) is 0. The lowest BCUT2D eigenvalue weighted by Gasteiger charge is -2.15. The molecule has 1 heterocycles. The Labute approximate surface area is 126 Å². The lowest BCUT2D eigenvalue weighted by molar-refractivity contribution is -0.137. The van der Waals surface area contributed by atoms with Gasteiger partial charge in [-0.05, 0) is 17.7 Å². The van der Waals surface area contributed by atoms with Crippen molar-refractivity contribution in [2.24, 2.45) is 0 Å². The number of hydrogen-bond donors (Lipinski definition) is 2. The van der Waals surface area contributed by atoms with Gasteiger partial charge >= 0.3 is 12.0 Å². The Morgan fingerprint density at radius 3 is 2.41 bits per heavy atom. The SMILES string of the molecule is CN(CC(=O)O)C(=O)c1ccc(CN2C(=O)CNC2=O)cc1. The summed E-state index contributed by atoms with van der Waals surface area (Å²) in [6.45, 7) is -0.261. The van der Waals surface area contributed by atoms with Crippen molar-refractivity contribution in [1.29, 1.82) is 0 Å². The summed E-state index contributed by atoms with van der Waals surface area (Å²) in [5, 5.41) is 11.1. The molecule has 22 heavy (non-hydrogen) atoms. The number of likely N-dealkylation sites (N-methyl/N-ethyl adjacent to an activating group) is 1. The number of urea groups is 1. The Bertz CT molecular complexity index is 610. The molecule has 1 aromatic rings. The van der Waals surface area contributed by atoms with Gasteiger partial charge in [-0.3, -0.25) is 19.3 Å². The number of aliphatic carboxylic acids is 1. The summed E-state index contributed by atoms with van der Waals surface area (Å²) in [5.41, 5.74) is 1.03. The minimum absolute atomic E-state index is 0.00458. The number of hydrogen-bond acceptors (Lipinski definition) is 4. The van der Waals surface area contributed by atoms with Crippen molar-refractivity contribution in [3.05, 3.63) is 35.4 Å². The highest BCUT2D eigenvalue weighted by Crippen LogP contribution is 2.11. The summed E-state index contributed by atoms with van der Waals surface area (Å²) in [5.74, 6) is -1.80. The van der Waals surface area contributed by atoms with Crippen LogP contribution in [0.15, 0.2) is 24.3 Å². The smallest absolute Gasteiger partial charge is 0.324 e. The third kappa shape index (κ3) is 3.40. The maximum atomic E-state index is 12.0. The molecule has 0 bridgehead atoms. The van der Waals surface area contributed by atoms with Crippen molar-refractivity contribution in [3.63, 3.8) is 0 Å². The van der Waals surface area contributed by atoms with Gasteiger partial charge in [0.05, 0.1) is 13.1 Å². The first-order valence-corrected chi connectivity index (χ1v) is 6.53. The standard InChI is InChI=1S/C14H15N3O5/c1-16(8-12(19)20)13(21)10-4-2-9(3-5-10)7-17-11(18)6-15-14(17)22/h2-5H,6-8H2,1H3,(H,15,22)(H,19,20). The van der Waals surface area contributed by atoms with E-state index >= 15 is 0 Å². The number of carboxylic acid groups (broad SMARTS) is 1. The van der Waals surface area contributed by atoms with E-state index in [2.05, 4.69) is 5.32 Å². The van der Waals surface area contributed by atoms with E-state index in [1.807, 2.05) is 0 Å². The molecule has 1 aliphatic rings. The summed E-state index contributed by atoms with van der Waals surface area (Å²) >= 11 is 0. The average Bonchev–Trinajstić information content (AvgIpc) is 2.78. The zero-order valence-electron chi connectivity index (χ0n) is 11.9. The number of carbonyl (C=O) groups is 4. The number of carbonyl (C=O) groups excluding carboxylic acids is 3. The molecule has 2 N–H and O–H groups in total. The normalized spacial score (nSPS) is 14.0. The predicted octanol–water partition coefficient (Wildman–Crippen LogP) is -0.105. The van der Waals surface area contributed by atoms with Crippen LogP contribution in [0.2, 0.25) is 0 Å². The number of rotatable bonds is 5. The van der Waals surface area contributed by atoms with Crippen molar-refractivity contribution < 1.29 is 24.3 Å². The second kappa shape index (κ2) is 6.25. The maximum absolute atomic E-state index is 12.0. The topological polar surface area (TPSA) is 107 Å². The fourth-order valence-corrected chi connectivity index (χ4v) is 2.05. The van der Waals surface area contributed by atoms with Crippen LogP contribution in [0.4, 0.5) is 4.79 Å².